The monoisotopic (exact) mass is 478 g/mol. The number of rotatable bonds is 7. The van der Waals surface area contributed by atoms with Gasteiger partial charge >= 0.3 is 5.97 Å². The molecule has 0 saturated carbocycles. The van der Waals surface area contributed by atoms with Crippen LogP contribution < -0.4 is 10.5 Å². The Morgan fingerprint density at radius 2 is 1.91 bits per heavy atom. The lowest BCUT2D eigenvalue weighted by atomic mass is 9.99. The van der Waals surface area contributed by atoms with Gasteiger partial charge in [-0.05, 0) is 48.4 Å². The van der Waals surface area contributed by atoms with Crippen LogP contribution in [0.25, 0.3) is 33.6 Å². The van der Waals surface area contributed by atoms with Crippen molar-refractivity contribution in [1.82, 2.24) is 10.1 Å². The van der Waals surface area contributed by atoms with Gasteiger partial charge < -0.3 is 19.7 Å². The summed E-state index contributed by atoms with van der Waals surface area (Å²) in [6, 6.07) is 18.8. The number of fused-ring (bicyclic) bond motifs is 1. The summed E-state index contributed by atoms with van der Waals surface area (Å²) in [5.74, 6) is 0.746. The molecule has 0 spiro atoms. The molecule has 0 atom stereocenters. The lowest BCUT2D eigenvalue weighted by Crippen LogP contribution is -2.16. The van der Waals surface area contributed by atoms with Crippen LogP contribution in [0.3, 0.4) is 0 Å². The van der Waals surface area contributed by atoms with Crippen LogP contribution in [-0.2, 0) is 16.1 Å². The van der Waals surface area contributed by atoms with E-state index >= 15 is 0 Å². The Kier molecular flexibility index (Phi) is 7.84. The van der Waals surface area contributed by atoms with Gasteiger partial charge in [0.25, 0.3) is 5.89 Å². The summed E-state index contributed by atoms with van der Waals surface area (Å²) in [6.07, 6.45) is -0.0481. The lowest BCUT2D eigenvalue weighted by Gasteiger charge is -2.11. The first kappa shape index (κ1) is 24.7. The third-order valence-electron chi connectivity index (χ3n) is 4.95. The smallest absolute Gasteiger partial charge is 0.320 e. The summed E-state index contributed by atoms with van der Waals surface area (Å²) in [6.45, 7) is 3.75. The summed E-state index contributed by atoms with van der Waals surface area (Å²) in [4.78, 5) is 16.0. The van der Waals surface area contributed by atoms with Crippen molar-refractivity contribution in [2.45, 2.75) is 26.6 Å². The van der Waals surface area contributed by atoms with E-state index in [1.807, 2.05) is 50.2 Å². The number of ether oxygens (including phenoxy) is 2. The minimum Gasteiger partial charge on any atom is -0.490 e. The van der Waals surface area contributed by atoms with Gasteiger partial charge in [-0.25, -0.2) is 0 Å². The summed E-state index contributed by atoms with van der Waals surface area (Å²) in [5.41, 5.74) is 7.95. The van der Waals surface area contributed by atoms with E-state index in [4.69, 9.17) is 19.7 Å². The van der Waals surface area contributed by atoms with Crippen molar-refractivity contribution < 1.29 is 18.8 Å². The molecule has 0 aliphatic rings. The third-order valence-corrected chi connectivity index (χ3v) is 4.95. The number of esters is 1. The van der Waals surface area contributed by atoms with Gasteiger partial charge in [-0.2, -0.15) is 10.2 Å². The van der Waals surface area contributed by atoms with Crippen molar-refractivity contribution in [1.29, 1.82) is 5.26 Å². The van der Waals surface area contributed by atoms with Gasteiger partial charge in [0, 0.05) is 11.1 Å². The molecular formula is C25H23ClN4O4. The first-order valence-corrected chi connectivity index (χ1v) is 10.4. The molecule has 4 aromatic rings. The number of hydrogen-bond donors (Lipinski definition) is 1. The Morgan fingerprint density at radius 3 is 2.62 bits per heavy atom. The maximum absolute atomic E-state index is 11.5. The number of halogens is 1. The molecule has 0 saturated heterocycles. The fourth-order valence-corrected chi connectivity index (χ4v) is 3.46. The molecule has 1 aromatic heterocycles. The van der Waals surface area contributed by atoms with Crippen LogP contribution in [0.1, 0.15) is 25.0 Å². The van der Waals surface area contributed by atoms with Crippen molar-refractivity contribution >= 4 is 29.1 Å². The predicted octanol–water partition coefficient (Wildman–Crippen LogP) is 4.64. The van der Waals surface area contributed by atoms with E-state index in [-0.39, 0.29) is 31.7 Å². The molecule has 2 N–H and O–H groups in total. The lowest BCUT2D eigenvalue weighted by molar-refractivity contribution is -0.143. The third kappa shape index (κ3) is 5.17. The Labute approximate surface area is 202 Å². The Morgan fingerprint density at radius 1 is 1.15 bits per heavy atom. The van der Waals surface area contributed by atoms with Crippen LogP contribution >= 0.6 is 12.4 Å². The minimum absolute atomic E-state index is 0. The number of nitriles is 1. The standard InChI is InChI=1S/C25H22N4O4.ClH/c1-15(2)32-22-10-8-16(11-18(22)12-26)25-28-24(29-33-25)21-9-7-17(14-31-23(30)13-27)19-5-3-4-6-20(19)21;/h3-11,15H,13-14,27H2,1-2H3;1H. The summed E-state index contributed by atoms with van der Waals surface area (Å²) < 4.78 is 16.4. The molecule has 34 heavy (non-hydrogen) atoms. The van der Waals surface area contributed by atoms with Gasteiger partial charge in [0.2, 0.25) is 5.82 Å². The molecule has 0 amide bonds. The van der Waals surface area contributed by atoms with E-state index in [9.17, 15) is 10.1 Å². The highest BCUT2D eigenvalue weighted by Gasteiger charge is 2.17. The van der Waals surface area contributed by atoms with Gasteiger partial charge in [0.15, 0.2) is 0 Å². The topological polar surface area (TPSA) is 124 Å². The number of nitrogens with zero attached hydrogens (tertiary/aromatic N) is 3. The molecule has 0 aliphatic carbocycles. The summed E-state index contributed by atoms with van der Waals surface area (Å²) >= 11 is 0. The van der Waals surface area contributed by atoms with Gasteiger partial charge in [0.1, 0.15) is 18.4 Å². The molecule has 0 fully saturated rings. The Hall–Kier alpha value is -3.93. The predicted molar refractivity (Wildman–Crippen MR) is 129 cm³/mol. The van der Waals surface area contributed by atoms with Gasteiger partial charge in [-0.1, -0.05) is 41.6 Å². The second-order valence-electron chi connectivity index (χ2n) is 7.60. The molecule has 0 aliphatic heterocycles. The van der Waals surface area contributed by atoms with E-state index in [0.717, 1.165) is 21.9 Å². The average Bonchev–Trinajstić information content (AvgIpc) is 3.32. The molecule has 0 unspecified atom stereocenters. The average molecular weight is 479 g/mol. The maximum atomic E-state index is 11.5. The highest BCUT2D eigenvalue weighted by molar-refractivity contribution is 5.97. The molecule has 0 bridgehead atoms. The minimum atomic E-state index is -0.465. The maximum Gasteiger partial charge on any atom is 0.320 e. The number of carbonyl (C=O) groups is 1. The highest BCUT2D eigenvalue weighted by atomic mass is 35.5. The first-order chi connectivity index (χ1) is 16.0. The number of aromatic nitrogens is 2. The van der Waals surface area contributed by atoms with Crippen LogP contribution in [0, 0.1) is 11.3 Å². The van der Waals surface area contributed by atoms with Crippen LogP contribution in [-0.4, -0.2) is 28.8 Å². The van der Waals surface area contributed by atoms with Crippen molar-refractivity contribution in [3.8, 4) is 34.7 Å². The van der Waals surface area contributed by atoms with E-state index in [2.05, 4.69) is 16.2 Å². The summed E-state index contributed by atoms with van der Waals surface area (Å²) in [7, 11) is 0. The van der Waals surface area contributed by atoms with E-state index < -0.39 is 5.97 Å². The fraction of sp³-hybridized carbons (Fsp3) is 0.200. The van der Waals surface area contributed by atoms with Gasteiger partial charge in [-0.3, -0.25) is 4.79 Å². The van der Waals surface area contributed by atoms with E-state index in [1.165, 1.54) is 0 Å². The molecule has 174 valence electrons. The first-order valence-electron chi connectivity index (χ1n) is 10.4. The molecule has 3 aromatic carbocycles. The van der Waals surface area contributed by atoms with Gasteiger partial charge in [-0.15, -0.1) is 12.4 Å². The van der Waals surface area contributed by atoms with Gasteiger partial charge in [0.05, 0.1) is 18.2 Å². The zero-order chi connectivity index (χ0) is 23.4. The van der Waals surface area contributed by atoms with Crippen molar-refractivity contribution in [3.63, 3.8) is 0 Å². The molecule has 9 heteroatoms. The van der Waals surface area contributed by atoms with Crippen LogP contribution in [0.15, 0.2) is 59.1 Å². The van der Waals surface area contributed by atoms with Crippen LogP contribution in [0.4, 0.5) is 0 Å². The Bertz CT molecular complexity index is 1360. The SMILES string of the molecule is CC(C)Oc1ccc(-c2nc(-c3ccc(COC(=O)CN)c4ccccc34)no2)cc1C#N.Cl. The summed E-state index contributed by atoms with van der Waals surface area (Å²) in [5, 5.41) is 15.4. The number of hydrogen-bond acceptors (Lipinski definition) is 8. The largest absolute Gasteiger partial charge is 0.490 e. The molecular weight excluding hydrogens is 456 g/mol. The second kappa shape index (κ2) is 10.8. The second-order valence-corrected chi connectivity index (χ2v) is 7.60. The number of carbonyl (C=O) groups excluding carboxylic acids is 1. The highest BCUT2D eigenvalue weighted by Crippen LogP contribution is 2.32. The number of benzene rings is 3. The molecule has 4 rings (SSSR count). The quantitative estimate of drug-likeness (QED) is 0.381. The van der Waals surface area contributed by atoms with E-state index in [1.54, 1.807) is 18.2 Å². The zero-order valence-electron chi connectivity index (χ0n) is 18.6. The Balaban J connectivity index is 0.00000324. The molecule has 1 heterocycles. The van der Waals surface area contributed by atoms with E-state index in [0.29, 0.717) is 28.6 Å². The van der Waals surface area contributed by atoms with Crippen molar-refractivity contribution in [2.75, 3.05) is 6.54 Å². The van der Waals surface area contributed by atoms with Crippen LogP contribution in [0.5, 0.6) is 5.75 Å². The zero-order valence-corrected chi connectivity index (χ0v) is 19.5. The van der Waals surface area contributed by atoms with Crippen molar-refractivity contribution in [2.24, 2.45) is 5.73 Å². The molecule has 0 radical (unpaired) electrons. The van der Waals surface area contributed by atoms with Crippen molar-refractivity contribution in [3.05, 3.63) is 65.7 Å². The fourth-order valence-electron chi connectivity index (χ4n) is 3.46. The number of nitrogens with two attached hydrogens (primary N) is 1. The molecule has 8 nitrogen and oxygen atoms in total. The normalized spacial score (nSPS) is 10.6. The van der Waals surface area contributed by atoms with Crippen LogP contribution in [0.2, 0.25) is 0 Å².